The molecule has 0 amide bonds. The van der Waals surface area contributed by atoms with Gasteiger partial charge in [0.1, 0.15) is 0 Å². The number of hydrogen-bond donors (Lipinski definition) is 2. The third-order valence-corrected chi connectivity index (χ3v) is 4.64. The van der Waals surface area contributed by atoms with Crippen LogP contribution < -0.4 is 10.5 Å². The van der Waals surface area contributed by atoms with Gasteiger partial charge >= 0.3 is 0 Å². The first-order valence-electron chi connectivity index (χ1n) is 5.31. The Kier molecular flexibility index (Phi) is 4.11. The molecule has 0 atom stereocenters. The van der Waals surface area contributed by atoms with Crippen LogP contribution in [0.3, 0.4) is 0 Å². The molecule has 0 bridgehead atoms. The van der Waals surface area contributed by atoms with Crippen molar-refractivity contribution >= 4 is 10.2 Å². The van der Waals surface area contributed by atoms with Crippen LogP contribution in [0.5, 0.6) is 0 Å². The van der Waals surface area contributed by atoms with Crippen LogP contribution in [-0.2, 0) is 10.2 Å². The van der Waals surface area contributed by atoms with Crippen LogP contribution >= 0.6 is 0 Å². The van der Waals surface area contributed by atoms with Gasteiger partial charge in [-0.1, -0.05) is 0 Å². The van der Waals surface area contributed by atoms with Gasteiger partial charge in [-0.25, -0.2) is 4.72 Å². The molecule has 0 heterocycles. The van der Waals surface area contributed by atoms with Crippen molar-refractivity contribution in [2.45, 2.75) is 38.8 Å². The number of nitrogens with two attached hydrogens (primary N) is 1. The Labute approximate surface area is 92.2 Å². The first kappa shape index (κ1) is 12.9. The first-order chi connectivity index (χ1) is 6.83. The van der Waals surface area contributed by atoms with Crippen molar-refractivity contribution in [1.82, 2.24) is 9.03 Å². The molecule has 90 valence electrons. The maximum absolute atomic E-state index is 11.7. The largest absolute Gasteiger partial charge is 0.328 e. The smallest absolute Gasteiger partial charge is 0.279 e. The van der Waals surface area contributed by atoms with Gasteiger partial charge < -0.3 is 5.73 Å². The number of nitrogens with one attached hydrogen (secondary N) is 1. The Morgan fingerprint density at radius 1 is 1.47 bits per heavy atom. The van der Waals surface area contributed by atoms with Gasteiger partial charge in [-0.2, -0.15) is 12.7 Å². The molecule has 0 radical (unpaired) electrons. The maximum atomic E-state index is 11.7. The van der Waals surface area contributed by atoms with E-state index in [1.807, 2.05) is 13.8 Å². The lowest BCUT2D eigenvalue weighted by molar-refractivity contribution is 0.264. The van der Waals surface area contributed by atoms with E-state index in [1.165, 1.54) is 4.31 Å². The third-order valence-electron chi connectivity index (χ3n) is 2.93. The lowest BCUT2D eigenvalue weighted by atomic mass is 9.81. The van der Waals surface area contributed by atoms with E-state index in [0.717, 1.165) is 12.8 Å². The summed E-state index contributed by atoms with van der Waals surface area (Å²) >= 11 is 0. The van der Waals surface area contributed by atoms with E-state index in [2.05, 4.69) is 4.72 Å². The van der Waals surface area contributed by atoms with Gasteiger partial charge in [0, 0.05) is 25.7 Å². The van der Waals surface area contributed by atoms with Crippen molar-refractivity contribution in [3.8, 4) is 0 Å². The minimum Gasteiger partial charge on any atom is -0.328 e. The lowest BCUT2D eigenvalue weighted by Gasteiger charge is -2.33. The molecular weight excluding hydrogens is 214 g/mol. The molecule has 0 aromatic carbocycles. The van der Waals surface area contributed by atoms with Gasteiger partial charge in [-0.15, -0.1) is 0 Å². The molecular formula is C9H21N3O2S. The summed E-state index contributed by atoms with van der Waals surface area (Å²) in [6, 6.07) is 0.244. The van der Waals surface area contributed by atoms with E-state index in [1.54, 1.807) is 7.05 Å². The summed E-state index contributed by atoms with van der Waals surface area (Å²) in [6.45, 7) is 4.20. The van der Waals surface area contributed by atoms with E-state index < -0.39 is 10.2 Å². The SMILES string of the molecule is CC(C)N(C)S(=O)(=O)NCC1CC(N)C1. The quantitative estimate of drug-likeness (QED) is 0.698. The van der Waals surface area contributed by atoms with Crippen molar-refractivity contribution in [1.29, 1.82) is 0 Å². The fourth-order valence-corrected chi connectivity index (χ4v) is 2.76. The molecule has 0 saturated heterocycles. The van der Waals surface area contributed by atoms with Gasteiger partial charge in [-0.3, -0.25) is 0 Å². The molecule has 3 N–H and O–H groups in total. The highest BCUT2D eigenvalue weighted by molar-refractivity contribution is 7.87. The molecule has 1 aliphatic carbocycles. The Bertz CT molecular complexity index is 296. The first-order valence-corrected chi connectivity index (χ1v) is 6.75. The summed E-state index contributed by atoms with van der Waals surface area (Å²) in [4.78, 5) is 0. The molecule has 0 aliphatic heterocycles. The molecule has 1 rings (SSSR count). The molecule has 1 aliphatic rings. The molecule has 0 unspecified atom stereocenters. The Hall–Kier alpha value is -0.170. The average Bonchev–Trinajstić information content (AvgIpc) is 2.09. The molecule has 1 saturated carbocycles. The summed E-state index contributed by atoms with van der Waals surface area (Å²) in [5.74, 6) is 0.412. The summed E-state index contributed by atoms with van der Waals surface area (Å²) in [6.07, 6.45) is 1.85. The fraction of sp³-hybridized carbons (Fsp3) is 1.00. The molecule has 1 fully saturated rings. The van der Waals surface area contributed by atoms with Crippen molar-refractivity contribution in [2.75, 3.05) is 13.6 Å². The monoisotopic (exact) mass is 235 g/mol. The number of hydrogen-bond acceptors (Lipinski definition) is 3. The predicted molar refractivity (Wildman–Crippen MR) is 60.5 cm³/mol. The van der Waals surface area contributed by atoms with E-state index >= 15 is 0 Å². The van der Waals surface area contributed by atoms with Crippen molar-refractivity contribution in [3.05, 3.63) is 0 Å². The second kappa shape index (κ2) is 4.78. The minimum absolute atomic E-state index is 0.0221. The van der Waals surface area contributed by atoms with Crippen LogP contribution in [0, 0.1) is 5.92 Å². The molecule has 15 heavy (non-hydrogen) atoms. The van der Waals surface area contributed by atoms with Gasteiger partial charge in [0.05, 0.1) is 0 Å². The van der Waals surface area contributed by atoms with E-state index in [-0.39, 0.29) is 12.1 Å². The predicted octanol–water partition coefficient (Wildman–Crippen LogP) is -0.102. The molecule has 0 aromatic heterocycles. The van der Waals surface area contributed by atoms with Crippen molar-refractivity contribution < 1.29 is 8.42 Å². The van der Waals surface area contributed by atoms with E-state index in [0.29, 0.717) is 12.5 Å². The normalized spacial score (nSPS) is 27.1. The highest BCUT2D eigenvalue weighted by Gasteiger charge is 2.28. The summed E-state index contributed by atoms with van der Waals surface area (Å²) in [7, 11) is -1.72. The maximum Gasteiger partial charge on any atom is 0.279 e. The van der Waals surface area contributed by atoms with Crippen LogP contribution in [0.4, 0.5) is 0 Å². The van der Waals surface area contributed by atoms with Gasteiger partial charge in [0.15, 0.2) is 0 Å². The molecule has 0 aromatic rings. The van der Waals surface area contributed by atoms with Crippen LogP contribution in [-0.4, -0.2) is 38.4 Å². The van der Waals surface area contributed by atoms with Gasteiger partial charge in [0.25, 0.3) is 10.2 Å². The van der Waals surface area contributed by atoms with Crippen molar-refractivity contribution in [2.24, 2.45) is 11.7 Å². The van der Waals surface area contributed by atoms with Gasteiger partial charge in [0.2, 0.25) is 0 Å². The zero-order chi connectivity index (χ0) is 11.6. The van der Waals surface area contributed by atoms with E-state index in [9.17, 15) is 8.42 Å². The second-order valence-electron chi connectivity index (χ2n) is 4.56. The fourth-order valence-electron chi connectivity index (χ4n) is 1.56. The Balaban J connectivity index is 2.37. The van der Waals surface area contributed by atoms with Crippen LogP contribution in [0.15, 0.2) is 0 Å². The van der Waals surface area contributed by atoms with Crippen molar-refractivity contribution in [3.63, 3.8) is 0 Å². The number of nitrogens with zero attached hydrogens (tertiary/aromatic N) is 1. The third kappa shape index (κ3) is 3.41. The zero-order valence-corrected chi connectivity index (χ0v) is 10.4. The van der Waals surface area contributed by atoms with Crippen LogP contribution in [0.1, 0.15) is 26.7 Å². The molecule has 5 nitrogen and oxygen atoms in total. The standard InChI is InChI=1S/C9H21N3O2S/c1-7(2)12(3)15(13,14)11-6-8-4-9(10)5-8/h7-9,11H,4-6,10H2,1-3H3. The zero-order valence-electron chi connectivity index (χ0n) is 9.60. The van der Waals surface area contributed by atoms with Crippen LogP contribution in [0.25, 0.3) is 0 Å². The summed E-state index contributed by atoms with van der Waals surface area (Å²) in [5, 5.41) is 0. The minimum atomic E-state index is -3.31. The summed E-state index contributed by atoms with van der Waals surface area (Å²) < 4.78 is 27.3. The van der Waals surface area contributed by atoms with E-state index in [4.69, 9.17) is 5.73 Å². The average molecular weight is 235 g/mol. The topological polar surface area (TPSA) is 75.4 Å². The second-order valence-corrected chi connectivity index (χ2v) is 6.38. The Morgan fingerprint density at radius 2 is 2.00 bits per heavy atom. The Morgan fingerprint density at radius 3 is 2.40 bits per heavy atom. The summed E-state index contributed by atoms with van der Waals surface area (Å²) in [5.41, 5.74) is 5.63. The highest BCUT2D eigenvalue weighted by atomic mass is 32.2. The van der Waals surface area contributed by atoms with Crippen LogP contribution in [0.2, 0.25) is 0 Å². The number of rotatable bonds is 5. The molecule has 6 heteroatoms. The highest BCUT2D eigenvalue weighted by Crippen LogP contribution is 2.24. The molecule has 0 spiro atoms. The van der Waals surface area contributed by atoms with Gasteiger partial charge in [-0.05, 0) is 32.6 Å². The lowest BCUT2D eigenvalue weighted by Crippen LogP contribution is -2.47.